The number of nitrogens with zero attached hydrogens (tertiary/aromatic N) is 2. The number of hydrogen-bond donors (Lipinski definition) is 1. The van der Waals surface area contributed by atoms with Gasteiger partial charge < -0.3 is 9.47 Å². The highest BCUT2D eigenvalue weighted by atomic mass is 32.2. The van der Waals surface area contributed by atoms with E-state index < -0.39 is 15.9 Å². The molecule has 0 aliphatic heterocycles. The summed E-state index contributed by atoms with van der Waals surface area (Å²) < 4.78 is 35.5. The fourth-order valence-corrected chi connectivity index (χ4v) is 3.23. The maximum Gasteiger partial charge on any atom is 0.260 e. The minimum Gasteiger partial charge on any atom is -0.497 e. The molecule has 2 aromatic rings. The van der Waals surface area contributed by atoms with Gasteiger partial charge in [-0.05, 0) is 31.2 Å². The van der Waals surface area contributed by atoms with Gasteiger partial charge >= 0.3 is 0 Å². The molecule has 0 aliphatic carbocycles. The fourth-order valence-electron chi connectivity index (χ4n) is 2.38. The SMILES string of the molecule is COc1ccc(/C=N\NC(=O)CN(c2ccc(C)cc2)S(C)(=O)=O)c(OC)c1. The van der Waals surface area contributed by atoms with E-state index in [1.807, 2.05) is 6.92 Å². The van der Waals surface area contributed by atoms with Crippen LogP contribution in [0.4, 0.5) is 5.69 Å². The number of sulfonamides is 1. The van der Waals surface area contributed by atoms with Gasteiger partial charge in [-0.2, -0.15) is 5.10 Å². The largest absolute Gasteiger partial charge is 0.497 e. The quantitative estimate of drug-likeness (QED) is 0.535. The molecule has 0 unspecified atom stereocenters. The molecule has 0 aromatic heterocycles. The molecule has 150 valence electrons. The van der Waals surface area contributed by atoms with Crippen LogP contribution in [0, 0.1) is 6.92 Å². The number of hydrogen-bond acceptors (Lipinski definition) is 6. The van der Waals surface area contributed by atoms with E-state index >= 15 is 0 Å². The molecule has 0 heterocycles. The van der Waals surface area contributed by atoms with E-state index in [2.05, 4.69) is 10.5 Å². The number of rotatable bonds is 8. The van der Waals surface area contributed by atoms with E-state index in [0.717, 1.165) is 16.1 Å². The Balaban J connectivity index is 2.09. The average Bonchev–Trinajstić information content (AvgIpc) is 2.66. The van der Waals surface area contributed by atoms with Crippen LogP contribution in [-0.2, 0) is 14.8 Å². The second kappa shape index (κ2) is 9.23. The third-order valence-corrected chi connectivity index (χ3v) is 4.98. The van der Waals surface area contributed by atoms with Crippen molar-refractivity contribution in [3.05, 3.63) is 53.6 Å². The highest BCUT2D eigenvalue weighted by Gasteiger charge is 2.20. The first-order valence-electron chi connectivity index (χ1n) is 8.33. The Labute approximate surface area is 164 Å². The lowest BCUT2D eigenvalue weighted by atomic mass is 10.2. The van der Waals surface area contributed by atoms with Gasteiger partial charge in [0, 0.05) is 11.6 Å². The van der Waals surface area contributed by atoms with Crippen LogP contribution in [0.1, 0.15) is 11.1 Å². The first-order valence-corrected chi connectivity index (χ1v) is 10.2. The number of benzene rings is 2. The highest BCUT2D eigenvalue weighted by Crippen LogP contribution is 2.23. The monoisotopic (exact) mass is 405 g/mol. The van der Waals surface area contributed by atoms with Crippen molar-refractivity contribution in [3.8, 4) is 11.5 Å². The molecule has 1 amide bonds. The lowest BCUT2D eigenvalue weighted by Gasteiger charge is -2.21. The molecule has 28 heavy (non-hydrogen) atoms. The van der Waals surface area contributed by atoms with Crippen molar-refractivity contribution in [1.29, 1.82) is 0 Å². The number of nitrogens with one attached hydrogen (secondary N) is 1. The highest BCUT2D eigenvalue weighted by molar-refractivity contribution is 7.92. The van der Waals surface area contributed by atoms with Crippen molar-refractivity contribution in [2.45, 2.75) is 6.92 Å². The van der Waals surface area contributed by atoms with E-state index in [1.54, 1.807) is 49.6 Å². The number of aryl methyl sites for hydroxylation is 1. The van der Waals surface area contributed by atoms with Crippen LogP contribution >= 0.6 is 0 Å². The minimum absolute atomic E-state index is 0.390. The normalized spacial score (nSPS) is 11.3. The molecule has 0 atom stereocenters. The van der Waals surface area contributed by atoms with Crippen LogP contribution in [0.5, 0.6) is 11.5 Å². The van der Waals surface area contributed by atoms with E-state index in [4.69, 9.17) is 9.47 Å². The number of methoxy groups -OCH3 is 2. The summed E-state index contributed by atoms with van der Waals surface area (Å²) in [6, 6.07) is 12.0. The van der Waals surface area contributed by atoms with Crippen LogP contribution in [0.25, 0.3) is 0 Å². The zero-order valence-corrected chi connectivity index (χ0v) is 17.0. The Morgan fingerprint density at radius 2 is 1.82 bits per heavy atom. The zero-order chi connectivity index (χ0) is 20.7. The summed E-state index contributed by atoms with van der Waals surface area (Å²) in [5.74, 6) is 0.574. The molecule has 0 saturated carbocycles. The molecular formula is C19H23N3O5S. The number of carbonyl (C=O) groups excluding carboxylic acids is 1. The van der Waals surface area contributed by atoms with Crippen LogP contribution in [0.2, 0.25) is 0 Å². The lowest BCUT2D eigenvalue weighted by Crippen LogP contribution is -2.39. The Morgan fingerprint density at radius 3 is 2.39 bits per heavy atom. The number of ether oxygens (including phenoxy) is 2. The molecule has 1 N–H and O–H groups in total. The van der Waals surface area contributed by atoms with Crippen molar-refractivity contribution < 1.29 is 22.7 Å². The molecule has 9 heteroatoms. The summed E-state index contributed by atoms with van der Waals surface area (Å²) in [5, 5.41) is 3.88. The molecule has 2 aromatic carbocycles. The summed E-state index contributed by atoms with van der Waals surface area (Å²) in [5.41, 5.74) is 4.35. The Kier molecular flexibility index (Phi) is 7.00. The Hall–Kier alpha value is -3.07. The van der Waals surface area contributed by atoms with E-state index in [-0.39, 0.29) is 6.54 Å². The predicted molar refractivity (Wildman–Crippen MR) is 109 cm³/mol. The van der Waals surface area contributed by atoms with Gasteiger partial charge in [0.2, 0.25) is 10.0 Å². The molecule has 0 aliphatic rings. The van der Waals surface area contributed by atoms with Crippen LogP contribution < -0.4 is 19.2 Å². The van der Waals surface area contributed by atoms with E-state index in [0.29, 0.717) is 22.7 Å². The standard InChI is InChI=1S/C19H23N3O5S/c1-14-5-8-16(9-6-14)22(28(4,24)25)13-19(23)21-20-12-15-7-10-17(26-2)11-18(15)27-3/h5-12H,13H2,1-4H3,(H,21,23)/b20-12-. The number of amides is 1. The lowest BCUT2D eigenvalue weighted by molar-refractivity contribution is -0.119. The molecule has 0 bridgehead atoms. The number of carbonyl (C=O) groups is 1. The topological polar surface area (TPSA) is 97.3 Å². The van der Waals surface area contributed by atoms with E-state index in [1.165, 1.54) is 13.3 Å². The van der Waals surface area contributed by atoms with E-state index in [9.17, 15) is 13.2 Å². The summed E-state index contributed by atoms with van der Waals surface area (Å²) >= 11 is 0. The van der Waals surface area contributed by atoms with Gasteiger partial charge in [0.05, 0.1) is 32.4 Å². The minimum atomic E-state index is -3.63. The third-order valence-electron chi connectivity index (χ3n) is 3.84. The maximum absolute atomic E-state index is 12.2. The van der Waals surface area contributed by atoms with Gasteiger partial charge in [0.1, 0.15) is 18.0 Å². The first kappa shape index (κ1) is 21.2. The van der Waals surface area contributed by atoms with Crippen molar-refractivity contribution in [1.82, 2.24) is 5.43 Å². The number of anilines is 1. The second-order valence-electron chi connectivity index (χ2n) is 6.01. The average molecular weight is 405 g/mol. The predicted octanol–water partition coefficient (Wildman–Crippen LogP) is 1.93. The van der Waals surface area contributed by atoms with Crippen LogP contribution in [0.15, 0.2) is 47.6 Å². The van der Waals surface area contributed by atoms with Crippen molar-refractivity contribution in [2.75, 3.05) is 31.3 Å². The molecule has 0 fully saturated rings. The summed E-state index contributed by atoms with van der Waals surface area (Å²) in [6.07, 6.45) is 2.46. The summed E-state index contributed by atoms with van der Waals surface area (Å²) in [7, 11) is -0.579. The smallest absolute Gasteiger partial charge is 0.260 e. The van der Waals surface area contributed by atoms with Gasteiger partial charge in [-0.15, -0.1) is 0 Å². The molecule has 0 radical (unpaired) electrons. The van der Waals surface area contributed by atoms with Gasteiger partial charge in [-0.3, -0.25) is 9.10 Å². The zero-order valence-electron chi connectivity index (χ0n) is 16.2. The summed E-state index contributed by atoms with van der Waals surface area (Å²) in [6.45, 7) is 1.50. The first-order chi connectivity index (χ1) is 13.2. The van der Waals surface area contributed by atoms with Crippen molar-refractivity contribution >= 4 is 27.8 Å². The van der Waals surface area contributed by atoms with Gasteiger partial charge in [-0.1, -0.05) is 17.7 Å². The Bertz CT molecular complexity index is 956. The third kappa shape index (κ3) is 5.71. The van der Waals surface area contributed by atoms with Gasteiger partial charge in [0.15, 0.2) is 0 Å². The molecule has 2 rings (SSSR count). The summed E-state index contributed by atoms with van der Waals surface area (Å²) in [4.78, 5) is 12.2. The van der Waals surface area contributed by atoms with Crippen LogP contribution in [0.3, 0.4) is 0 Å². The molecule has 8 nitrogen and oxygen atoms in total. The van der Waals surface area contributed by atoms with Crippen molar-refractivity contribution in [3.63, 3.8) is 0 Å². The Morgan fingerprint density at radius 1 is 1.14 bits per heavy atom. The number of hydrazone groups is 1. The molecular weight excluding hydrogens is 382 g/mol. The maximum atomic E-state index is 12.2. The molecule has 0 spiro atoms. The van der Waals surface area contributed by atoms with Gasteiger partial charge in [0.25, 0.3) is 5.91 Å². The van der Waals surface area contributed by atoms with Crippen molar-refractivity contribution in [2.24, 2.45) is 5.10 Å². The molecule has 0 saturated heterocycles. The van der Waals surface area contributed by atoms with Gasteiger partial charge in [-0.25, -0.2) is 13.8 Å². The second-order valence-corrected chi connectivity index (χ2v) is 7.91. The fraction of sp³-hybridized carbons (Fsp3) is 0.263. The van der Waals surface area contributed by atoms with Crippen LogP contribution in [-0.4, -0.2) is 47.6 Å².